The van der Waals surface area contributed by atoms with Crippen LogP contribution in [0.3, 0.4) is 0 Å². The van der Waals surface area contributed by atoms with Crippen LogP contribution < -0.4 is 0 Å². The van der Waals surface area contributed by atoms with Crippen molar-refractivity contribution in [1.29, 1.82) is 0 Å². The summed E-state index contributed by atoms with van der Waals surface area (Å²) in [6, 6.07) is 0.984. The second kappa shape index (κ2) is 11.1. The van der Waals surface area contributed by atoms with Gasteiger partial charge in [-0.3, -0.25) is 4.90 Å². The van der Waals surface area contributed by atoms with E-state index in [0.717, 1.165) is 59.3 Å². The molecule has 1 heteroatoms. The van der Waals surface area contributed by atoms with Crippen molar-refractivity contribution in [1.82, 2.24) is 4.90 Å². The molecule has 0 N–H and O–H groups in total. The van der Waals surface area contributed by atoms with Gasteiger partial charge in [0.15, 0.2) is 0 Å². The zero-order valence-electron chi connectivity index (χ0n) is 22.8. The average molecular weight is 468 g/mol. The molecule has 4 aliphatic carbocycles. The molecule has 4 saturated carbocycles. The van der Waals surface area contributed by atoms with Crippen molar-refractivity contribution >= 4 is 0 Å². The molecule has 4 bridgehead atoms. The van der Waals surface area contributed by atoms with Gasteiger partial charge in [-0.15, -0.1) is 0 Å². The van der Waals surface area contributed by atoms with Gasteiger partial charge in [-0.25, -0.2) is 0 Å². The maximum absolute atomic E-state index is 3.08. The maximum atomic E-state index is 3.08. The summed E-state index contributed by atoms with van der Waals surface area (Å²) in [7, 11) is 0. The first-order valence-electron chi connectivity index (χ1n) is 16.5. The second-order valence-corrected chi connectivity index (χ2v) is 14.4. The van der Waals surface area contributed by atoms with Crippen LogP contribution in [0.1, 0.15) is 135 Å². The van der Waals surface area contributed by atoms with Crippen LogP contribution in [0.5, 0.6) is 0 Å². The minimum atomic E-state index is 0.984. The van der Waals surface area contributed by atoms with Crippen molar-refractivity contribution < 1.29 is 0 Å². The molecule has 0 spiro atoms. The number of nitrogens with zero attached hydrogens (tertiary/aromatic N) is 1. The molecular formula is C33H57N. The molecule has 1 nitrogen and oxygen atoms in total. The van der Waals surface area contributed by atoms with Crippen LogP contribution in [0.4, 0.5) is 0 Å². The molecule has 194 valence electrons. The minimum absolute atomic E-state index is 0.984. The van der Waals surface area contributed by atoms with E-state index in [1.807, 2.05) is 0 Å². The van der Waals surface area contributed by atoms with E-state index in [-0.39, 0.29) is 0 Å². The van der Waals surface area contributed by atoms with Crippen LogP contribution in [0.15, 0.2) is 0 Å². The van der Waals surface area contributed by atoms with E-state index in [1.54, 1.807) is 109 Å². The minimum Gasteiger partial charge on any atom is -0.300 e. The molecule has 2 heterocycles. The Morgan fingerprint density at radius 3 is 1.68 bits per heavy atom. The average Bonchev–Trinajstić information content (AvgIpc) is 3.30. The van der Waals surface area contributed by atoms with Gasteiger partial charge in [0.05, 0.1) is 0 Å². The molecule has 0 aromatic heterocycles. The number of unbranched alkanes of at least 4 members (excludes halogenated alkanes) is 2. The molecule has 8 unspecified atom stereocenters. The van der Waals surface area contributed by atoms with Crippen molar-refractivity contribution in [3.8, 4) is 0 Å². The quantitative estimate of drug-likeness (QED) is 0.337. The van der Waals surface area contributed by atoms with Gasteiger partial charge in [-0.1, -0.05) is 90.4 Å². The highest BCUT2D eigenvalue weighted by Gasteiger charge is 2.49. The van der Waals surface area contributed by atoms with Gasteiger partial charge in [-0.05, 0) is 111 Å². The Morgan fingerprint density at radius 2 is 1.09 bits per heavy atom. The van der Waals surface area contributed by atoms with E-state index < -0.39 is 0 Å². The van der Waals surface area contributed by atoms with E-state index in [1.165, 1.54) is 32.4 Å². The fourth-order valence-corrected chi connectivity index (χ4v) is 10.5. The van der Waals surface area contributed by atoms with Gasteiger partial charge >= 0.3 is 0 Å². The Kier molecular flexibility index (Phi) is 7.97. The Morgan fingerprint density at radius 1 is 0.529 bits per heavy atom. The predicted octanol–water partition coefficient (Wildman–Crippen LogP) is 9.11. The Hall–Kier alpha value is -0.0400. The van der Waals surface area contributed by atoms with Gasteiger partial charge in [0.2, 0.25) is 0 Å². The van der Waals surface area contributed by atoms with E-state index >= 15 is 0 Å². The van der Waals surface area contributed by atoms with Crippen molar-refractivity contribution in [2.75, 3.05) is 13.1 Å². The fraction of sp³-hybridized carbons (Fsp3) is 1.00. The summed E-state index contributed by atoms with van der Waals surface area (Å²) >= 11 is 0. The highest BCUT2D eigenvalue weighted by molar-refractivity contribution is 5.01. The Bertz CT molecular complexity index is 612. The lowest BCUT2D eigenvalue weighted by Gasteiger charge is -2.48. The highest BCUT2D eigenvalue weighted by atomic mass is 15.2. The van der Waals surface area contributed by atoms with Crippen LogP contribution in [-0.4, -0.2) is 24.0 Å². The molecule has 0 aromatic carbocycles. The van der Waals surface area contributed by atoms with Gasteiger partial charge < -0.3 is 0 Å². The van der Waals surface area contributed by atoms with E-state index in [4.69, 9.17) is 0 Å². The lowest BCUT2D eigenvalue weighted by atomic mass is 9.58. The Balaban J connectivity index is 1.13. The highest BCUT2D eigenvalue weighted by Crippen LogP contribution is 2.53. The zero-order chi connectivity index (χ0) is 22.9. The van der Waals surface area contributed by atoms with Gasteiger partial charge in [0, 0.05) is 6.04 Å². The molecule has 0 radical (unpaired) electrons. The first-order chi connectivity index (χ1) is 16.8. The second-order valence-electron chi connectivity index (χ2n) is 14.4. The van der Waals surface area contributed by atoms with Crippen molar-refractivity contribution in [2.45, 2.75) is 141 Å². The van der Waals surface area contributed by atoms with Gasteiger partial charge in [-0.2, -0.15) is 0 Å². The molecular weight excluding hydrogens is 410 g/mol. The van der Waals surface area contributed by atoms with Crippen molar-refractivity contribution in [3.05, 3.63) is 0 Å². The van der Waals surface area contributed by atoms with Crippen LogP contribution >= 0.6 is 0 Å². The van der Waals surface area contributed by atoms with Crippen LogP contribution in [0, 0.1) is 53.3 Å². The number of rotatable bonds is 7. The van der Waals surface area contributed by atoms with E-state index in [0.29, 0.717) is 0 Å². The van der Waals surface area contributed by atoms with Crippen LogP contribution in [0.25, 0.3) is 0 Å². The van der Waals surface area contributed by atoms with Crippen LogP contribution in [0.2, 0.25) is 0 Å². The topological polar surface area (TPSA) is 3.24 Å². The number of hydrogen-bond donors (Lipinski definition) is 0. The zero-order valence-corrected chi connectivity index (χ0v) is 22.8. The molecule has 8 atom stereocenters. The summed E-state index contributed by atoms with van der Waals surface area (Å²) < 4.78 is 0. The first-order valence-corrected chi connectivity index (χ1v) is 16.5. The smallest absolute Gasteiger partial charge is 0.0155 e. The lowest BCUT2D eigenvalue weighted by molar-refractivity contribution is 0.0248. The predicted molar refractivity (Wildman–Crippen MR) is 145 cm³/mol. The van der Waals surface area contributed by atoms with Crippen LogP contribution in [-0.2, 0) is 0 Å². The molecule has 34 heavy (non-hydrogen) atoms. The molecule has 2 saturated heterocycles. The number of hydrogen-bond acceptors (Lipinski definition) is 1. The lowest BCUT2D eigenvalue weighted by Crippen LogP contribution is -2.40. The molecule has 6 rings (SSSR count). The van der Waals surface area contributed by atoms with E-state index in [9.17, 15) is 0 Å². The van der Waals surface area contributed by atoms with Crippen molar-refractivity contribution in [2.24, 2.45) is 53.3 Å². The fourth-order valence-electron chi connectivity index (χ4n) is 10.5. The largest absolute Gasteiger partial charge is 0.300 e. The third-order valence-corrected chi connectivity index (χ3v) is 12.8. The normalized spacial score (nSPS) is 46.0. The Labute approximate surface area is 212 Å². The van der Waals surface area contributed by atoms with E-state index in [2.05, 4.69) is 11.8 Å². The summed E-state index contributed by atoms with van der Waals surface area (Å²) in [5.41, 5.74) is 0. The summed E-state index contributed by atoms with van der Waals surface area (Å²) in [6.07, 6.45) is 31.1. The molecule has 6 fully saturated rings. The summed E-state index contributed by atoms with van der Waals surface area (Å²) in [6.45, 7) is 5.29. The summed E-state index contributed by atoms with van der Waals surface area (Å²) in [5.74, 6) is 9.84. The third-order valence-electron chi connectivity index (χ3n) is 12.8. The summed E-state index contributed by atoms with van der Waals surface area (Å²) in [4.78, 5) is 3.08. The summed E-state index contributed by atoms with van der Waals surface area (Å²) in [5, 5.41) is 0. The molecule has 0 aromatic rings. The van der Waals surface area contributed by atoms with Crippen molar-refractivity contribution in [3.63, 3.8) is 0 Å². The molecule has 0 amide bonds. The first kappa shape index (κ1) is 24.3. The monoisotopic (exact) mass is 467 g/mol. The maximum Gasteiger partial charge on any atom is 0.0155 e. The third kappa shape index (κ3) is 5.04. The van der Waals surface area contributed by atoms with Gasteiger partial charge in [0.25, 0.3) is 0 Å². The SMILES string of the molecule is CCCCCC1CC2CCCCC(C3CC(C4CCC4)CC(C4CCC4)C3)CCN3CCC2C13. The molecule has 2 aliphatic heterocycles. The van der Waals surface area contributed by atoms with Gasteiger partial charge in [0.1, 0.15) is 0 Å². The standard InChI is InChI=1S/C33H57N/c1-2-3-4-11-28-20-27-10-6-5-9-26(16-18-34-19-17-32(27)33(28)34)31-22-29(24-12-7-13-24)21-30(23-31)25-14-8-15-25/h24-33H,2-23H2,1H3. The molecule has 6 aliphatic rings.